The van der Waals surface area contributed by atoms with Crippen LogP contribution in [-0.4, -0.2) is 29.6 Å². The predicted molar refractivity (Wildman–Crippen MR) is 103 cm³/mol. The summed E-state index contributed by atoms with van der Waals surface area (Å²) in [5.41, 5.74) is 1.27. The van der Waals surface area contributed by atoms with Crippen LogP contribution in [0.3, 0.4) is 0 Å². The van der Waals surface area contributed by atoms with Gasteiger partial charge in [-0.15, -0.1) is 11.3 Å². The number of carbonyl (C=O) groups is 3. The zero-order chi connectivity index (χ0) is 19.7. The summed E-state index contributed by atoms with van der Waals surface area (Å²) in [6, 6.07) is 0. The lowest BCUT2D eigenvalue weighted by Gasteiger charge is -2.41. The Morgan fingerprint density at radius 1 is 1.19 bits per heavy atom. The Labute approximate surface area is 162 Å². The summed E-state index contributed by atoms with van der Waals surface area (Å²) in [6.45, 7) is 5.86. The SMILES string of the molecule is CCOC(=O)c1c(NC(=O)[C@@H]2[C@@H](C(=O)O)[C@H]3C=C[C@H]2CC3)sc(C)c1CC. The fraction of sp³-hybridized carbons (Fsp3) is 0.550. The Morgan fingerprint density at radius 2 is 1.81 bits per heavy atom. The number of anilines is 1. The molecule has 0 aliphatic heterocycles. The first-order valence-corrected chi connectivity index (χ1v) is 10.2. The smallest absolute Gasteiger partial charge is 0.341 e. The van der Waals surface area contributed by atoms with Crippen LogP contribution >= 0.6 is 11.3 Å². The van der Waals surface area contributed by atoms with Crippen LogP contribution in [0.1, 0.15) is 47.5 Å². The average molecular weight is 391 g/mol. The average Bonchev–Trinajstić information content (AvgIpc) is 2.96. The van der Waals surface area contributed by atoms with E-state index in [4.69, 9.17) is 4.74 Å². The third kappa shape index (κ3) is 3.52. The molecule has 146 valence electrons. The Kier molecular flexibility index (Phi) is 5.69. The van der Waals surface area contributed by atoms with Gasteiger partial charge in [0, 0.05) is 4.88 Å². The van der Waals surface area contributed by atoms with Crippen LogP contribution < -0.4 is 5.32 Å². The minimum absolute atomic E-state index is 0.0751. The van der Waals surface area contributed by atoms with E-state index in [0.717, 1.165) is 23.3 Å². The molecule has 3 aliphatic carbocycles. The normalized spacial score (nSPS) is 26.0. The van der Waals surface area contributed by atoms with E-state index in [1.165, 1.54) is 11.3 Å². The monoisotopic (exact) mass is 391 g/mol. The van der Waals surface area contributed by atoms with Crippen molar-refractivity contribution in [1.29, 1.82) is 0 Å². The number of allylic oxidation sites excluding steroid dienone is 2. The van der Waals surface area contributed by atoms with Crippen molar-refractivity contribution < 1.29 is 24.2 Å². The van der Waals surface area contributed by atoms with Gasteiger partial charge in [-0.2, -0.15) is 0 Å². The molecule has 4 rings (SSSR count). The van der Waals surface area contributed by atoms with E-state index >= 15 is 0 Å². The number of thiophene rings is 1. The summed E-state index contributed by atoms with van der Waals surface area (Å²) in [7, 11) is 0. The highest BCUT2D eigenvalue weighted by Crippen LogP contribution is 2.46. The highest BCUT2D eigenvalue weighted by molar-refractivity contribution is 7.16. The van der Waals surface area contributed by atoms with Gasteiger partial charge < -0.3 is 15.2 Å². The van der Waals surface area contributed by atoms with Crippen LogP contribution in [0.2, 0.25) is 0 Å². The summed E-state index contributed by atoms with van der Waals surface area (Å²) in [6.07, 6.45) is 6.18. The molecular formula is C20H25NO5S. The van der Waals surface area contributed by atoms with Gasteiger partial charge in [0.05, 0.1) is 24.0 Å². The van der Waals surface area contributed by atoms with E-state index in [2.05, 4.69) is 5.32 Å². The first-order chi connectivity index (χ1) is 12.9. The number of carbonyl (C=O) groups excluding carboxylic acids is 2. The van der Waals surface area contributed by atoms with Gasteiger partial charge in [-0.3, -0.25) is 9.59 Å². The third-order valence-electron chi connectivity index (χ3n) is 5.61. The summed E-state index contributed by atoms with van der Waals surface area (Å²) in [4.78, 5) is 38.2. The highest BCUT2D eigenvalue weighted by atomic mass is 32.1. The fourth-order valence-corrected chi connectivity index (χ4v) is 5.53. The van der Waals surface area contributed by atoms with E-state index in [1.807, 2.05) is 26.0 Å². The molecular weight excluding hydrogens is 366 g/mol. The zero-order valence-corrected chi connectivity index (χ0v) is 16.6. The lowest BCUT2D eigenvalue weighted by Crippen LogP contribution is -2.47. The van der Waals surface area contributed by atoms with Crippen molar-refractivity contribution in [3.05, 3.63) is 28.2 Å². The fourth-order valence-electron chi connectivity index (χ4n) is 4.40. The van der Waals surface area contributed by atoms with Gasteiger partial charge in [-0.25, -0.2) is 4.79 Å². The minimum atomic E-state index is -0.934. The first-order valence-electron chi connectivity index (χ1n) is 9.40. The van der Waals surface area contributed by atoms with E-state index in [1.54, 1.807) is 6.92 Å². The van der Waals surface area contributed by atoms with Crippen molar-refractivity contribution in [3.63, 3.8) is 0 Å². The number of amides is 1. The van der Waals surface area contributed by atoms with Crippen molar-refractivity contribution in [2.24, 2.45) is 23.7 Å². The van der Waals surface area contributed by atoms with Crippen molar-refractivity contribution in [2.45, 2.75) is 40.0 Å². The molecule has 2 N–H and O–H groups in total. The quantitative estimate of drug-likeness (QED) is 0.570. The van der Waals surface area contributed by atoms with Gasteiger partial charge >= 0.3 is 11.9 Å². The van der Waals surface area contributed by atoms with Crippen molar-refractivity contribution >= 4 is 34.2 Å². The van der Waals surface area contributed by atoms with Gasteiger partial charge in [0.2, 0.25) is 5.91 Å². The first kappa shape index (κ1) is 19.6. The number of carboxylic acid groups (broad SMARTS) is 1. The second kappa shape index (κ2) is 7.84. The van der Waals surface area contributed by atoms with Crippen LogP contribution in [0.25, 0.3) is 0 Å². The maximum Gasteiger partial charge on any atom is 0.341 e. The number of ether oxygens (including phenoxy) is 1. The summed E-state index contributed by atoms with van der Waals surface area (Å²) >= 11 is 1.34. The standard InChI is InChI=1S/C20H25NO5S/c1-4-13-10(3)27-18(16(13)20(25)26-5-2)21-17(22)14-11-6-8-12(9-7-11)15(14)19(23)24/h6,8,11-12,14-15H,4-5,7,9H2,1-3H3,(H,21,22)(H,23,24)/t11-,12-,14-,15-/m0/s1. The third-order valence-corrected chi connectivity index (χ3v) is 6.68. The Balaban J connectivity index is 1.91. The predicted octanol–water partition coefficient (Wildman–Crippen LogP) is 3.65. The van der Waals surface area contributed by atoms with Gasteiger partial charge in [0.25, 0.3) is 0 Å². The molecule has 1 heterocycles. The molecule has 0 saturated heterocycles. The summed E-state index contributed by atoms with van der Waals surface area (Å²) in [5.74, 6) is -3.22. The van der Waals surface area contributed by atoms with Crippen LogP contribution in [-0.2, 0) is 20.7 Å². The zero-order valence-electron chi connectivity index (χ0n) is 15.8. The maximum atomic E-state index is 13.1. The number of esters is 1. The largest absolute Gasteiger partial charge is 0.481 e. The van der Waals surface area contributed by atoms with Crippen LogP contribution in [0.15, 0.2) is 12.2 Å². The molecule has 27 heavy (non-hydrogen) atoms. The summed E-state index contributed by atoms with van der Waals surface area (Å²) in [5, 5.41) is 13.0. The van der Waals surface area contributed by atoms with Crippen molar-refractivity contribution in [2.75, 3.05) is 11.9 Å². The van der Waals surface area contributed by atoms with Crippen LogP contribution in [0.5, 0.6) is 0 Å². The Morgan fingerprint density at radius 3 is 2.33 bits per heavy atom. The van der Waals surface area contributed by atoms with Gasteiger partial charge in [0.15, 0.2) is 0 Å². The molecule has 1 aromatic rings. The molecule has 6 nitrogen and oxygen atoms in total. The lowest BCUT2D eigenvalue weighted by atomic mass is 9.62. The molecule has 1 fully saturated rings. The molecule has 1 amide bonds. The lowest BCUT2D eigenvalue weighted by molar-refractivity contribution is -0.151. The second-order valence-corrected chi connectivity index (χ2v) is 8.31. The number of rotatable bonds is 6. The molecule has 3 aliphatic rings. The maximum absolute atomic E-state index is 13.1. The molecule has 0 unspecified atom stereocenters. The number of aryl methyl sites for hydroxylation is 1. The molecule has 4 atom stereocenters. The molecule has 0 radical (unpaired) electrons. The van der Waals surface area contributed by atoms with E-state index < -0.39 is 23.8 Å². The Hall–Kier alpha value is -2.15. The topological polar surface area (TPSA) is 92.7 Å². The Bertz CT molecular complexity index is 797. The van der Waals surface area contributed by atoms with E-state index in [-0.39, 0.29) is 24.3 Å². The van der Waals surface area contributed by atoms with Crippen molar-refractivity contribution in [1.82, 2.24) is 0 Å². The number of carboxylic acids is 1. The van der Waals surface area contributed by atoms with Gasteiger partial charge in [-0.1, -0.05) is 19.1 Å². The van der Waals surface area contributed by atoms with E-state index in [0.29, 0.717) is 17.0 Å². The van der Waals surface area contributed by atoms with Gasteiger partial charge in [-0.05, 0) is 50.5 Å². The number of fused-ring (bicyclic) bond motifs is 2. The second-order valence-electron chi connectivity index (χ2n) is 7.08. The van der Waals surface area contributed by atoms with Crippen molar-refractivity contribution in [3.8, 4) is 0 Å². The number of aliphatic carboxylic acids is 1. The van der Waals surface area contributed by atoms with E-state index in [9.17, 15) is 19.5 Å². The molecule has 1 saturated carbocycles. The molecule has 7 heteroatoms. The number of nitrogens with one attached hydrogen (secondary N) is 1. The number of hydrogen-bond donors (Lipinski definition) is 2. The van der Waals surface area contributed by atoms with Gasteiger partial charge in [0.1, 0.15) is 5.00 Å². The number of hydrogen-bond acceptors (Lipinski definition) is 5. The molecule has 2 bridgehead atoms. The highest BCUT2D eigenvalue weighted by Gasteiger charge is 2.48. The van der Waals surface area contributed by atoms with Crippen LogP contribution in [0.4, 0.5) is 5.00 Å². The molecule has 1 aromatic heterocycles. The van der Waals surface area contributed by atoms with Crippen LogP contribution in [0, 0.1) is 30.6 Å². The minimum Gasteiger partial charge on any atom is -0.481 e. The summed E-state index contributed by atoms with van der Waals surface area (Å²) < 4.78 is 5.17. The molecule has 0 aromatic carbocycles. The molecule has 0 spiro atoms.